The molecule has 1 aromatic heterocycles. The highest BCUT2D eigenvalue weighted by molar-refractivity contribution is 6.30. The first-order chi connectivity index (χ1) is 12.0. The second kappa shape index (κ2) is 6.24. The van der Waals surface area contributed by atoms with Crippen LogP contribution in [0.3, 0.4) is 0 Å². The summed E-state index contributed by atoms with van der Waals surface area (Å²) in [6, 6.07) is 11.8. The molecule has 1 amide bonds. The molecule has 1 aliphatic heterocycles. The number of pyridine rings is 1. The second-order valence-corrected chi connectivity index (χ2v) is 7.38. The first-order valence-corrected chi connectivity index (χ1v) is 8.71. The number of aromatic nitrogens is 1. The van der Waals surface area contributed by atoms with Crippen LogP contribution >= 0.6 is 11.6 Å². The number of nitrogens with one attached hydrogen (secondary N) is 2. The lowest BCUT2D eigenvalue weighted by molar-refractivity contribution is 0.00584. The minimum atomic E-state index is -0.281. The molecule has 0 radical (unpaired) electrons. The maximum atomic E-state index is 12.6. The summed E-state index contributed by atoms with van der Waals surface area (Å²) < 4.78 is 0. The fraction of sp³-hybridized carbons (Fsp3) is 0.316. The van der Waals surface area contributed by atoms with E-state index in [4.69, 9.17) is 11.6 Å². The summed E-state index contributed by atoms with van der Waals surface area (Å²) >= 11 is 5.83. The molecule has 2 aliphatic rings. The van der Waals surface area contributed by atoms with Gasteiger partial charge in [0.15, 0.2) is 5.78 Å². The highest BCUT2D eigenvalue weighted by Crippen LogP contribution is 2.49. The number of ketones is 1. The van der Waals surface area contributed by atoms with Gasteiger partial charge in [-0.3, -0.25) is 9.59 Å². The van der Waals surface area contributed by atoms with Gasteiger partial charge >= 0.3 is 0 Å². The van der Waals surface area contributed by atoms with E-state index in [1.54, 1.807) is 42.5 Å². The largest absolute Gasteiger partial charge is 0.316 e. The second-order valence-electron chi connectivity index (χ2n) is 6.94. The molecule has 0 atom stereocenters. The molecule has 2 fully saturated rings. The predicted octanol–water partition coefficient (Wildman–Crippen LogP) is 3.17. The molecule has 5 nitrogen and oxygen atoms in total. The van der Waals surface area contributed by atoms with Crippen molar-refractivity contribution in [3.63, 3.8) is 0 Å². The molecule has 1 saturated heterocycles. The Balaban J connectivity index is 1.43. The Morgan fingerprint density at radius 3 is 2.48 bits per heavy atom. The summed E-state index contributed by atoms with van der Waals surface area (Å²) in [5, 5.41) is 6.57. The quantitative estimate of drug-likeness (QED) is 0.826. The van der Waals surface area contributed by atoms with Crippen LogP contribution in [0.2, 0.25) is 5.02 Å². The van der Waals surface area contributed by atoms with Crippen molar-refractivity contribution in [3.05, 3.63) is 58.7 Å². The summed E-state index contributed by atoms with van der Waals surface area (Å²) in [5.41, 5.74) is 1.25. The highest BCUT2D eigenvalue weighted by Gasteiger charge is 2.51. The number of hydrogen-bond donors (Lipinski definition) is 2. The number of halogens is 1. The van der Waals surface area contributed by atoms with E-state index < -0.39 is 0 Å². The van der Waals surface area contributed by atoms with Gasteiger partial charge in [0.25, 0.3) is 5.91 Å². The predicted molar refractivity (Wildman–Crippen MR) is 96.0 cm³/mol. The van der Waals surface area contributed by atoms with Crippen LogP contribution in [0.15, 0.2) is 42.5 Å². The number of rotatable bonds is 4. The number of nitrogens with zero attached hydrogens (tertiary/aromatic N) is 1. The van der Waals surface area contributed by atoms with Crippen LogP contribution in [0, 0.1) is 11.3 Å². The van der Waals surface area contributed by atoms with Crippen molar-refractivity contribution in [2.24, 2.45) is 11.3 Å². The van der Waals surface area contributed by atoms with Gasteiger partial charge in [-0.25, -0.2) is 4.98 Å². The third-order valence-electron chi connectivity index (χ3n) is 5.08. The normalized spacial score (nSPS) is 18.3. The summed E-state index contributed by atoms with van der Waals surface area (Å²) in [4.78, 5) is 29.2. The first kappa shape index (κ1) is 16.2. The van der Waals surface area contributed by atoms with Gasteiger partial charge in [0.1, 0.15) is 11.5 Å². The zero-order chi connectivity index (χ0) is 17.4. The average molecular weight is 356 g/mol. The van der Waals surface area contributed by atoms with Gasteiger partial charge in [0, 0.05) is 29.6 Å². The number of hydrogen-bond acceptors (Lipinski definition) is 4. The highest BCUT2D eigenvalue weighted by atomic mass is 35.5. The number of benzene rings is 1. The van der Waals surface area contributed by atoms with Gasteiger partial charge in [-0.15, -0.1) is 0 Å². The number of Topliss-reactive ketones (excluding diaryl/α,β-unsaturated/α-hetero) is 1. The molecule has 25 heavy (non-hydrogen) atoms. The SMILES string of the molecule is O=C(Nc1cccc(C(=O)C2CC3(CNC3)C2)n1)c1ccc(Cl)cc1. The lowest BCUT2D eigenvalue weighted by atomic mass is 9.57. The van der Waals surface area contributed by atoms with E-state index in [0.717, 1.165) is 25.9 Å². The fourth-order valence-corrected chi connectivity index (χ4v) is 3.70. The van der Waals surface area contributed by atoms with Crippen LogP contribution in [0.4, 0.5) is 5.82 Å². The van der Waals surface area contributed by atoms with Gasteiger partial charge in [0.2, 0.25) is 0 Å². The Labute approximate surface area is 150 Å². The van der Waals surface area contributed by atoms with Crippen molar-refractivity contribution in [3.8, 4) is 0 Å². The Hall–Kier alpha value is -2.24. The lowest BCUT2D eigenvalue weighted by Gasteiger charge is -2.53. The van der Waals surface area contributed by atoms with Crippen LogP contribution in [-0.2, 0) is 0 Å². The molecular formula is C19H18ClN3O2. The molecule has 1 saturated carbocycles. The molecule has 0 unspecified atom stereocenters. The third kappa shape index (κ3) is 3.17. The minimum Gasteiger partial charge on any atom is -0.316 e. The Bertz CT molecular complexity index is 823. The van der Waals surface area contributed by atoms with E-state index in [2.05, 4.69) is 15.6 Å². The van der Waals surface area contributed by atoms with Gasteiger partial charge in [-0.05, 0) is 54.7 Å². The van der Waals surface area contributed by atoms with Crippen molar-refractivity contribution >= 4 is 29.1 Å². The molecule has 0 bridgehead atoms. The fourth-order valence-electron chi connectivity index (χ4n) is 3.58. The van der Waals surface area contributed by atoms with Crippen molar-refractivity contribution in [1.82, 2.24) is 10.3 Å². The van der Waals surface area contributed by atoms with E-state index in [1.807, 2.05) is 0 Å². The summed E-state index contributed by atoms with van der Waals surface area (Å²) in [6.07, 6.45) is 1.86. The summed E-state index contributed by atoms with van der Waals surface area (Å²) in [5.74, 6) is 0.221. The van der Waals surface area contributed by atoms with E-state index >= 15 is 0 Å². The Morgan fingerprint density at radius 2 is 1.84 bits per heavy atom. The standard InChI is InChI=1S/C19H18ClN3O2/c20-14-6-4-12(5-7-14)18(25)23-16-3-1-2-15(22-16)17(24)13-8-19(9-13)10-21-11-19/h1-7,13,21H,8-11H2,(H,22,23,25). The molecule has 4 rings (SSSR count). The lowest BCUT2D eigenvalue weighted by Crippen LogP contribution is -2.61. The van der Waals surface area contributed by atoms with E-state index in [0.29, 0.717) is 27.5 Å². The topological polar surface area (TPSA) is 71.1 Å². The van der Waals surface area contributed by atoms with Crippen molar-refractivity contribution in [2.45, 2.75) is 12.8 Å². The maximum absolute atomic E-state index is 12.6. The molecule has 1 aliphatic carbocycles. The Kier molecular flexibility index (Phi) is 4.06. The van der Waals surface area contributed by atoms with Crippen LogP contribution in [0.25, 0.3) is 0 Å². The zero-order valence-electron chi connectivity index (χ0n) is 13.6. The van der Waals surface area contributed by atoms with Crippen molar-refractivity contribution in [2.75, 3.05) is 18.4 Å². The summed E-state index contributed by atoms with van der Waals surface area (Å²) in [7, 11) is 0. The molecule has 1 spiro atoms. The van der Waals surface area contributed by atoms with Gasteiger partial charge < -0.3 is 10.6 Å². The molecule has 6 heteroatoms. The van der Waals surface area contributed by atoms with Crippen LogP contribution in [0.1, 0.15) is 33.7 Å². The number of carbonyl (C=O) groups is 2. The van der Waals surface area contributed by atoms with Crippen LogP contribution in [0.5, 0.6) is 0 Å². The van der Waals surface area contributed by atoms with Gasteiger partial charge in [0.05, 0.1) is 0 Å². The monoisotopic (exact) mass is 355 g/mol. The molecule has 2 aromatic rings. The van der Waals surface area contributed by atoms with Crippen molar-refractivity contribution in [1.29, 1.82) is 0 Å². The Morgan fingerprint density at radius 1 is 1.12 bits per heavy atom. The van der Waals surface area contributed by atoms with E-state index in [1.165, 1.54) is 0 Å². The zero-order valence-corrected chi connectivity index (χ0v) is 14.3. The van der Waals surface area contributed by atoms with Crippen LogP contribution < -0.4 is 10.6 Å². The van der Waals surface area contributed by atoms with E-state index in [9.17, 15) is 9.59 Å². The molecule has 2 heterocycles. The molecular weight excluding hydrogens is 338 g/mol. The minimum absolute atomic E-state index is 0.0526. The summed E-state index contributed by atoms with van der Waals surface area (Å²) in [6.45, 7) is 2.03. The molecule has 2 N–H and O–H groups in total. The van der Waals surface area contributed by atoms with Gasteiger partial charge in [-0.2, -0.15) is 0 Å². The van der Waals surface area contributed by atoms with Gasteiger partial charge in [-0.1, -0.05) is 17.7 Å². The molecule has 1 aromatic carbocycles. The molecule has 128 valence electrons. The van der Waals surface area contributed by atoms with Crippen LogP contribution in [-0.4, -0.2) is 29.8 Å². The number of carbonyl (C=O) groups excluding carboxylic acids is 2. The van der Waals surface area contributed by atoms with Crippen molar-refractivity contribution < 1.29 is 9.59 Å². The average Bonchev–Trinajstić information content (AvgIpc) is 2.53. The van der Waals surface area contributed by atoms with E-state index in [-0.39, 0.29) is 17.6 Å². The number of anilines is 1. The first-order valence-electron chi connectivity index (χ1n) is 8.34. The maximum Gasteiger partial charge on any atom is 0.256 e. The number of amides is 1. The third-order valence-corrected chi connectivity index (χ3v) is 5.33. The smallest absolute Gasteiger partial charge is 0.256 e.